The maximum atomic E-state index is 13.4. The number of methoxy groups -OCH3 is 1. The van der Waals surface area contributed by atoms with Gasteiger partial charge < -0.3 is 19.8 Å². The van der Waals surface area contributed by atoms with Gasteiger partial charge in [0, 0.05) is 35.0 Å². The van der Waals surface area contributed by atoms with Crippen molar-refractivity contribution >= 4 is 46.1 Å². The molecule has 0 fully saturated rings. The number of ether oxygens (including phenoxy) is 2. The molecular weight excluding hydrogens is 605 g/mol. The lowest BCUT2D eigenvalue weighted by molar-refractivity contribution is -0.193. The molecule has 1 amide bonds. The van der Waals surface area contributed by atoms with E-state index in [4.69, 9.17) is 4.74 Å². The minimum Gasteiger partial charge on any atom is -0.497 e. The largest absolute Gasteiger partial charge is 0.497 e. The van der Waals surface area contributed by atoms with E-state index < -0.39 is 24.2 Å². The number of rotatable bonds is 14. The first-order valence-electron chi connectivity index (χ1n) is 14.8. The number of aromatic amines is 1. The van der Waals surface area contributed by atoms with Crippen LogP contribution in [0.1, 0.15) is 72.6 Å². The number of aliphatic imine (C=N–C) groups is 1. The van der Waals surface area contributed by atoms with Crippen molar-refractivity contribution in [1.29, 1.82) is 0 Å². The Hall–Kier alpha value is -4.94. The Labute approximate surface area is 263 Å². The lowest BCUT2D eigenvalue weighted by Gasteiger charge is -2.16. The second-order valence-electron chi connectivity index (χ2n) is 10.9. The zero-order chi connectivity index (χ0) is 33.4. The van der Waals surface area contributed by atoms with Crippen molar-refractivity contribution < 1.29 is 41.8 Å². The van der Waals surface area contributed by atoms with Crippen molar-refractivity contribution in [1.82, 2.24) is 20.6 Å². The van der Waals surface area contributed by atoms with Crippen LogP contribution in [0.3, 0.4) is 0 Å². The highest BCUT2D eigenvalue weighted by Crippen LogP contribution is 2.27. The number of Topliss-reactive ketones (excluding diaryl/α,β-unsaturated/α-hetero) is 1. The van der Waals surface area contributed by atoms with Gasteiger partial charge in [-0.1, -0.05) is 19.8 Å². The molecule has 13 heteroatoms. The number of esters is 2. The maximum Gasteiger partial charge on any atom is 0.491 e. The van der Waals surface area contributed by atoms with Crippen molar-refractivity contribution in [2.45, 2.75) is 71.0 Å². The van der Waals surface area contributed by atoms with Crippen LogP contribution in [0.2, 0.25) is 0 Å². The molecule has 1 atom stereocenters. The number of nitrogens with zero attached hydrogens (tertiary/aromatic N) is 1. The molecule has 3 N–H and O–H groups in total. The van der Waals surface area contributed by atoms with Crippen LogP contribution in [0.15, 0.2) is 48.7 Å². The molecule has 2 heterocycles. The van der Waals surface area contributed by atoms with Crippen LogP contribution >= 0.6 is 0 Å². The third kappa shape index (κ3) is 8.61. The van der Waals surface area contributed by atoms with Gasteiger partial charge in [0.05, 0.1) is 19.1 Å². The maximum absolute atomic E-state index is 13.4. The molecule has 0 saturated carbocycles. The molecule has 1 radical (unpaired) electrons. The zero-order valence-electron chi connectivity index (χ0n) is 25.7. The Morgan fingerprint density at radius 1 is 1.02 bits per heavy atom. The topological polar surface area (TPSA) is 141 Å². The Morgan fingerprint density at radius 2 is 1.76 bits per heavy atom. The fourth-order valence-electron chi connectivity index (χ4n) is 5.07. The summed E-state index contributed by atoms with van der Waals surface area (Å²) in [5.74, 6) is -2.86. The summed E-state index contributed by atoms with van der Waals surface area (Å²) in [4.78, 5) is 55.8. The Bertz CT molecular complexity index is 1670. The fourth-order valence-corrected chi connectivity index (χ4v) is 5.07. The van der Waals surface area contributed by atoms with E-state index in [1.54, 1.807) is 13.3 Å². The van der Waals surface area contributed by atoms with Crippen molar-refractivity contribution in [2.75, 3.05) is 7.11 Å². The van der Waals surface area contributed by atoms with Gasteiger partial charge in [0.1, 0.15) is 17.6 Å². The van der Waals surface area contributed by atoms with E-state index in [-0.39, 0.29) is 23.7 Å². The number of carbonyl (C=O) groups is 4. The first-order chi connectivity index (χ1) is 21.9. The first kappa shape index (κ1) is 33.9. The number of aryl methyl sites for hydroxylation is 1. The predicted octanol–water partition coefficient (Wildman–Crippen LogP) is 5.02. The average molecular weight is 641 g/mol. The summed E-state index contributed by atoms with van der Waals surface area (Å²) in [7, 11) is 1.58. The number of unbranched alkanes of at least 4 members (excludes halogenated alkanes) is 2. The Morgan fingerprint density at radius 3 is 2.43 bits per heavy atom. The van der Waals surface area contributed by atoms with Crippen LogP contribution in [0.25, 0.3) is 16.6 Å². The summed E-state index contributed by atoms with van der Waals surface area (Å²) >= 11 is 0. The highest BCUT2D eigenvalue weighted by Gasteiger charge is 2.42. The van der Waals surface area contributed by atoms with Gasteiger partial charge in [-0.05, 0) is 72.8 Å². The normalized spacial score (nSPS) is 13.4. The quantitative estimate of drug-likeness (QED) is 0.128. The molecule has 0 unspecified atom stereocenters. The number of fused-ring (bicyclic) bond motifs is 1. The van der Waals surface area contributed by atoms with Gasteiger partial charge in [-0.25, -0.2) is 14.9 Å². The molecule has 0 bridgehead atoms. The molecular formula is C33H35F3N4O6+. The van der Waals surface area contributed by atoms with E-state index in [1.165, 1.54) is 24.3 Å². The summed E-state index contributed by atoms with van der Waals surface area (Å²) in [5.41, 5.74) is 3.46. The smallest absolute Gasteiger partial charge is 0.491 e. The Kier molecular flexibility index (Phi) is 11.0. The number of aromatic nitrogens is 1. The lowest BCUT2D eigenvalue weighted by Crippen LogP contribution is -2.47. The summed E-state index contributed by atoms with van der Waals surface area (Å²) in [6.07, 6.45) is 0.205. The minimum absolute atomic E-state index is 0.114. The van der Waals surface area contributed by atoms with Crippen LogP contribution in [0.5, 0.6) is 5.75 Å². The van der Waals surface area contributed by atoms with Crippen LogP contribution in [0.4, 0.5) is 13.2 Å². The molecule has 1 aromatic heterocycles. The number of halogens is 3. The summed E-state index contributed by atoms with van der Waals surface area (Å²) < 4.78 is 46.6. The molecule has 243 valence electrons. The molecule has 4 rings (SSSR count). The number of ketones is 1. The number of amides is 1. The van der Waals surface area contributed by atoms with Crippen molar-refractivity contribution in [3.05, 3.63) is 71.0 Å². The Balaban J connectivity index is 1.43. The SMILES string of the molecule is CCC(=O)CCCCC[C@H](NC(=O)Cc1c(C)[nH]c2ccc(OC)cc12)C1=[N+]C=C(c2ccc(C(=O)OC(=O)C(F)(F)F)cc2)N1. The molecule has 0 aliphatic carbocycles. The number of alkyl halides is 3. The molecule has 0 saturated heterocycles. The highest BCUT2D eigenvalue weighted by atomic mass is 19.4. The van der Waals surface area contributed by atoms with Crippen LogP contribution in [-0.4, -0.2) is 53.8 Å². The number of carbonyl (C=O) groups excluding carboxylic acids is 4. The number of H-pyrrole nitrogens is 1. The minimum atomic E-state index is -5.29. The number of nitrogens with one attached hydrogen (secondary N) is 3. The van der Waals surface area contributed by atoms with Crippen molar-refractivity contribution in [3.63, 3.8) is 0 Å². The number of benzene rings is 2. The highest BCUT2D eigenvalue weighted by molar-refractivity contribution is 6.01. The van der Waals surface area contributed by atoms with Crippen molar-refractivity contribution in [3.8, 4) is 5.75 Å². The van der Waals surface area contributed by atoms with E-state index in [0.29, 0.717) is 42.1 Å². The number of amidine groups is 1. The zero-order valence-corrected chi connectivity index (χ0v) is 25.7. The van der Waals surface area contributed by atoms with Gasteiger partial charge in [0.2, 0.25) is 5.91 Å². The molecule has 46 heavy (non-hydrogen) atoms. The van der Waals surface area contributed by atoms with Gasteiger partial charge in [-0.3, -0.25) is 9.59 Å². The van der Waals surface area contributed by atoms with E-state index in [2.05, 4.69) is 25.3 Å². The number of hydrogen-bond donors (Lipinski definition) is 3. The predicted molar refractivity (Wildman–Crippen MR) is 165 cm³/mol. The monoisotopic (exact) mass is 640 g/mol. The number of hydrogen-bond acceptors (Lipinski definition) is 8. The average Bonchev–Trinajstić information content (AvgIpc) is 3.64. The van der Waals surface area contributed by atoms with E-state index >= 15 is 0 Å². The second-order valence-corrected chi connectivity index (χ2v) is 10.9. The lowest BCUT2D eigenvalue weighted by atomic mass is 10.0. The summed E-state index contributed by atoms with van der Waals surface area (Å²) in [6.45, 7) is 3.74. The van der Waals surface area contributed by atoms with Gasteiger partial charge in [-0.2, -0.15) is 13.2 Å². The van der Waals surface area contributed by atoms with Gasteiger partial charge >= 0.3 is 24.0 Å². The van der Waals surface area contributed by atoms with E-state index in [0.717, 1.165) is 41.4 Å². The van der Waals surface area contributed by atoms with Crippen LogP contribution in [0, 0.1) is 6.92 Å². The summed E-state index contributed by atoms with van der Waals surface area (Å²) in [5, 5.41) is 7.18. The standard InChI is InChI=1S/C33H35F3N4O6/c1-4-22(41)8-6-5-7-9-27(39-29(42)17-24-19(2)38-26-15-14-23(45-3)16-25(24)26)30-37-18-28(40-30)20-10-12-21(13-11-20)31(43)46-32(44)33(34,35)36/h10-16,18,27,38,40H,4-9,17H2,1-3H3,(H,39,42)/q+1/t27-/m0/s1. The molecule has 10 nitrogen and oxygen atoms in total. The van der Waals surface area contributed by atoms with E-state index in [9.17, 15) is 32.3 Å². The molecule has 2 aromatic carbocycles. The molecule has 0 spiro atoms. The first-order valence-corrected chi connectivity index (χ1v) is 14.8. The van der Waals surface area contributed by atoms with Gasteiger partial charge in [-0.15, -0.1) is 0 Å². The third-order valence-electron chi connectivity index (χ3n) is 7.62. The fraction of sp³-hybridized carbons (Fsp3) is 0.364. The summed E-state index contributed by atoms with van der Waals surface area (Å²) in [6, 6.07) is 10.6. The second kappa shape index (κ2) is 14.9. The third-order valence-corrected chi connectivity index (χ3v) is 7.62. The molecule has 1 aliphatic rings. The molecule has 3 aromatic rings. The van der Waals surface area contributed by atoms with Crippen LogP contribution in [-0.2, 0) is 25.5 Å². The van der Waals surface area contributed by atoms with Gasteiger partial charge in [0.25, 0.3) is 0 Å². The van der Waals surface area contributed by atoms with Crippen LogP contribution < -0.4 is 20.4 Å². The van der Waals surface area contributed by atoms with Crippen molar-refractivity contribution in [2.24, 2.45) is 0 Å². The molecule has 1 aliphatic heterocycles. The van der Waals surface area contributed by atoms with Gasteiger partial charge in [0.15, 0.2) is 11.9 Å². The van der Waals surface area contributed by atoms with E-state index in [1.807, 2.05) is 32.0 Å².